The third kappa shape index (κ3) is 326. The van der Waals surface area contributed by atoms with Crippen LogP contribution in [0.4, 0.5) is 0 Å². The average molecular weight is 1170 g/mol. The van der Waals surface area contributed by atoms with E-state index in [4.69, 9.17) is 51.1 Å². The molecule has 0 radical (unpaired) electrons. The van der Waals surface area contributed by atoms with Crippen LogP contribution in [0.2, 0.25) is 0 Å². The van der Waals surface area contributed by atoms with Gasteiger partial charge in [-0.2, -0.15) is 0 Å². The van der Waals surface area contributed by atoms with E-state index in [9.17, 15) is 77.6 Å². The number of carboxylic acid groups (broad SMARTS) is 13. The summed E-state index contributed by atoms with van der Waals surface area (Å²) in [4.78, 5) is 124. The summed E-state index contributed by atoms with van der Waals surface area (Å²) in [7, 11) is 0. The van der Waals surface area contributed by atoms with Gasteiger partial charge >= 0.3 is 77.1 Å². The van der Waals surface area contributed by atoms with Gasteiger partial charge in [-0.3, -0.25) is 47.9 Å². The van der Waals surface area contributed by atoms with Gasteiger partial charge in [0.05, 0.1) is 0 Å². The Morgan fingerprint density at radius 1 is 0.190 bits per heavy atom. The van der Waals surface area contributed by atoms with Gasteiger partial charge in [-0.15, -0.1) is 0 Å². The van der Waals surface area contributed by atoms with Crippen molar-refractivity contribution in [3.63, 3.8) is 0 Å². The number of carbonyl (C=O) groups excluding carboxylic acids is 3. The third-order valence-corrected chi connectivity index (χ3v) is 6.00. The molecule has 0 atom stereocenters. The maximum atomic E-state index is 9.60. The van der Waals surface area contributed by atoms with Gasteiger partial charge in [-0.05, 0) is 83.5 Å². The summed E-state index contributed by atoms with van der Waals surface area (Å²) in [6, 6.07) is 0. The molecule has 0 saturated heterocycles. The first-order valence-corrected chi connectivity index (χ1v) is 25.8. The fourth-order valence-electron chi connectivity index (χ4n) is 2.75. The molecule has 0 spiro atoms. The predicted molar refractivity (Wildman–Crippen MR) is 291 cm³/mol. The Hall–Kier alpha value is -6.36. The second-order valence-electron chi connectivity index (χ2n) is 14.8. The first-order valence-electron chi connectivity index (χ1n) is 25.8. The Kier molecular flexibility index (Phi) is 143. The Labute approximate surface area is 479 Å². The molecule has 0 aliphatic heterocycles. The predicted octanol–water partition coefficient (Wildman–Crippen LogP) is 6.94. The fraction of sp³-hybridized carbons (Fsp3) is 0.750. The number of aliphatic carboxylic acids is 13. The Bertz CT molecular complexity index is 1040. The number of carboxylic acids is 13. The van der Waals surface area contributed by atoms with Gasteiger partial charge in [-0.25, -0.2) is 0 Å². The van der Waals surface area contributed by atoms with Crippen molar-refractivity contribution < 1.29 is 129 Å². The number of hydrogen-bond acceptors (Lipinski definition) is 16. The number of hydrogen-bond donors (Lipinski definition) is 10. The maximum Gasteiger partial charge on any atom is 3.00 e. The normalized spacial score (nSPS) is 8.06. The van der Waals surface area contributed by atoms with Gasteiger partial charge in [0.2, 0.25) is 0 Å². The van der Waals surface area contributed by atoms with Crippen molar-refractivity contribution in [2.24, 2.45) is 0 Å². The van der Waals surface area contributed by atoms with Gasteiger partial charge < -0.3 is 80.8 Å². The minimum absolute atomic E-state index is 0. The van der Waals surface area contributed by atoms with E-state index in [1.165, 1.54) is 0 Å². The van der Waals surface area contributed by atoms with Crippen LogP contribution in [0.1, 0.15) is 257 Å². The van der Waals surface area contributed by atoms with E-state index < -0.39 is 77.6 Å². The molecular weight excluding hydrogens is 1070 g/mol. The molecule has 27 heteroatoms. The van der Waals surface area contributed by atoms with E-state index in [-0.39, 0.29) is 36.6 Å². The molecule has 0 aliphatic carbocycles. The summed E-state index contributed by atoms with van der Waals surface area (Å²) in [6.45, 7) is 23.8. The molecule has 10 N–H and O–H groups in total. The Balaban J connectivity index is -0.0000000482. The fourth-order valence-corrected chi connectivity index (χ4v) is 2.75. The molecule has 468 valence electrons. The van der Waals surface area contributed by atoms with Crippen LogP contribution in [-0.2, 0) is 62.3 Å². The standard InChI is InChI=1S/13C4H8O2.Al/c13*1-2-3-4(5)6;/h13*2-3H2,1H3,(H,5,6);/q;;;;;;;;;;;;;+3/p-3. The van der Waals surface area contributed by atoms with Crippen molar-refractivity contribution in [3.8, 4) is 0 Å². The molecule has 0 saturated carbocycles. The SMILES string of the molecule is CCCC(=O)O.CCCC(=O)O.CCCC(=O)O.CCCC(=O)O.CCCC(=O)O.CCCC(=O)O.CCCC(=O)O.CCCC(=O)O.CCCC(=O)O.CCCC(=O)O.CCCC(=O)[O-].CCCC(=O)[O-].CCCC(=O)[O-].[Al+3]. The number of carbonyl (C=O) groups is 13. The molecule has 0 fully saturated rings. The van der Waals surface area contributed by atoms with Gasteiger partial charge in [0, 0.05) is 82.1 Å². The molecule has 0 bridgehead atoms. The van der Waals surface area contributed by atoms with E-state index in [2.05, 4.69) is 0 Å². The van der Waals surface area contributed by atoms with Gasteiger partial charge in [-0.1, -0.05) is 109 Å². The van der Waals surface area contributed by atoms with Crippen LogP contribution in [0.3, 0.4) is 0 Å². The van der Waals surface area contributed by atoms with E-state index >= 15 is 0 Å². The van der Waals surface area contributed by atoms with Crippen LogP contribution in [0.15, 0.2) is 0 Å². The summed E-state index contributed by atoms with van der Waals surface area (Å²) >= 11 is 0. The molecule has 0 aromatic rings. The molecule has 0 aromatic heterocycles. The van der Waals surface area contributed by atoms with E-state index in [0.717, 1.165) is 64.2 Å². The largest absolute Gasteiger partial charge is 3.00 e. The quantitative estimate of drug-likeness (QED) is 0.0392. The van der Waals surface area contributed by atoms with Crippen LogP contribution in [0.5, 0.6) is 0 Å². The van der Waals surface area contributed by atoms with Crippen LogP contribution in [0.25, 0.3) is 0 Å². The van der Waals surface area contributed by atoms with Crippen molar-refractivity contribution in [1.82, 2.24) is 0 Å². The maximum absolute atomic E-state index is 9.60. The zero-order valence-corrected chi connectivity index (χ0v) is 50.6. The Morgan fingerprint density at radius 2 is 0.253 bits per heavy atom. The number of rotatable bonds is 26. The summed E-state index contributed by atoms with van der Waals surface area (Å²) in [6.07, 6.45) is 12.8. The van der Waals surface area contributed by atoms with Gasteiger partial charge in [0.1, 0.15) is 0 Å². The summed E-state index contributed by atoms with van der Waals surface area (Å²) in [5.74, 6) is -9.99. The summed E-state index contributed by atoms with van der Waals surface area (Å²) in [5.41, 5.74) is 0. The van der Waals surface area contributed by atoms with Crippen LogP contribution in [-0.4, -0.2) is 146 Å². The molecule has 26 nitrogen and oxygen atoms in total. The monoisotopic (exact) mass is 1170 g/mol. The van der Waals surface area contributed by atoms with Crippen molar-refractivity contribution in [1.29, 1.82) is 0 Å². The van der Waals surface area contributed by atoms with Crippen molar-refractivity contribution in [2.75, 3.05) is 0 Å². The minimum atomic E-state index is -0.961. The van der Waals surface area contributed by atoms with E-state index in [1.54, 1.807) is 20.8 Å². The Morgan fingerprint density at radius 3 is 0.253 bits per heavy atom. The molecular formula is C52H101AlO26. The van der Waals surface area contributed by atoms with E-state index in [1.807, 2.05) is 69.2 Å². The second kappa shape index (κ2) is 104. The van der Waals surface area contributed by atoms with Crippen LogP contribution >= 0.6 is 0 Å². The molecule has 0 heterocycles. The topological polar surface area (TPSA) is 493 Å². The molecule has 79 heavy (non-hydrogen) atoms. The van der Waals surface area contributed by atoms with Gasteiger partial charge in [0.15, 0.2) is 0 Å². The molecule has 0 amide bonds. The first kappa shape index (κ1) is 108. The van der Waals surface area contributed by atoms with Crippen molar-refractivity contribution >= 4 is 95.0 Å². The zero-order chi connectivity index (χ0) is 64.9. The second-order valence-corrected chi connectivity index (χ2v) is 14.8. The van der Waals surface area contributed by atoms with E-state index in [0.29, 0.717) is 83.5 Å². The first-order chi connectivity index (χ1) is 36.0. The summed E-state index contributed by atoms with van der Waals surface area (Å²) < 4.78 is 0. The minimum Gasteiger partial charge on any atom is -0.550 e. The zero-order valence-electron chi connectivity index (χ0n) is 49.5. The third-order valence-electron chi connectivity index (χ3n) is 6.00. The molecule has 0 aliphatic rings. The molecule has 0 aromatic carbocycles. The van der Waals surface area contributed by atoms with Crippen molar-refractivity contribution in [3.05, 3.63) is 0 Å². The average Bonchev–Trinajstić information content (AvgIpc) is 3.26. The molecule has 0 rings (SSSR count). The summed E-state index contributed by atoms with van der Waals surface area (Å²) in [5, 5.41) is 108. The van der Waals surface area contributed by atoms with Crippen LogP contribution < -0.4 is 15.3 Å². The van der Waals surface area contributed by atoms with Crippen LogP contribution in [0, 0.1) is 0 Å². The van der Waals surface area contributed by atoms with Gasteiger partial charge in [0.25, 0.3) is 0 Å². The smallest absolute Gasteiger partial charge is 0.550 e. The molecule has 0 unspecified atom stereocenters. The van der Waals surface area contributed by atoms with Crippen molar-refractivity contribution in [2.45, 2.75) is 257 Å².